The van der Waals surface area contributed by atoms with Crippen LogP contribution in [0.25, 0.3) is 27.8 Å². The topological polar surface area (TPSA) is 0 Å². The molecule has 0 nitrogen and oxygen atoms in total. The van der Waals surface area contributed by atoms with Gasteiger partial charge in [-0.25, -0.2) is 17.6 Å². The van der Waals surface area contributed by atoms with E-state index in [1.54, 1.807) is 48.5 Å². The van der Waals surface area contributed by atoms with E-state index in [-0.39, 0.29) is 11.1 Å². The Labute approximate surface area is 267 Å². The summed E-state index contributed by atoms with van der Waals surface area (Å²) in [5.41, 5.74) is 2.96. The molecule has 0 radical (unpaired) electrons. The Morgan fingerprint density at radius 1 is 0.667 bits per heavy atom. The van der Waals surface area contributed by atoms with E-state index in [1.165, 1.54) is 32.1 Å². The van der Waals surface area contributed by atoms with Crippen molar-refractivity contribution in [3.8, 4) is 22.3 Å². The van der Waals surface area contributed by atoms with E-state index in [4.69, 9.17) is 0 Å². The minimum atomic E-state index is -0.873. The van der Waals surface area contributed by atoms with E-state index in [1.807, 2.05) is 6.08 Å². The number of hydrogen-bond donors (Lipinski definition) is 0. The molecule has 0 aromatic heterocycles. The van der Waals surface area contributed by atoms with Gasteiger partial charge in [-0.2, -0.15) is 0 Å². The maximum Gasteiger partial charge on any atom is 0.167 e. The van der Waals surface area contributed by atoms with Gasteiger partial charge in [0.1, 0.15) is 0 Å². The molecule has 1 unspecified atom stereocenters. The molecule has 1 fully saturated rings. The van der Waals surface area contributed by atoms with Crippen LogP contribution in [0.1, 0.15) is 108 Å². The Kier molecular flexibility index (Phi) is 11.8. The zero-order valence-electron chi connectivity index (χ0n) is 26.8. The van der Waals surface area contributed by atoms with Crippen LogP contribution in [-0.4, -0.2) is 0 Å². The third-order valence-corrected chi connectivity index (χ3v) is 10.4. The van der Waals surface area contributed by atoms with Crippen LogP contribution in [-0.2, 0) is 6.42 Å². The summed E-state index contributed by atoms with van der Waals surface area (Å²) in [5.74, 6) is -1.17. The van der Waals surface area contributed by atoms with Crippen LogP contribution in [0.3, 0.4) is 0 Å². The lowest BCUT2D eigenvalue weighted by Crippen LogP contribution is -2.23. The minimum absolute atomic E-state index is 0.162. The number of rotatable bonds is 13. The van der Waals surface area contributed by atoms with Crippen molar-refractivity contribution >= 4 is 5.57 Å². The average molecular weight is 617 g/mol. The molecule has 0 aliphatic heterocycles. The van der Waals surface area contributed by atoms with Gasteiger partial charge in [0.15, 0.2) is 23.3 Å². The standard InChI is InChI=1S/C41H48F4/c1-3-5-7-8-9-11-34-24-25-35(39(43)38(34)42)32-20-22-33(23-21-32)37-27-26-36(40(44)41(37)45)31-18-16-30(17-19-31)29-14-12-28(13-15-29)10-6-4-2/h4,18,20-30H,2-3,5-17,19H2,1H3. The largest absolute Gasteiger partial charge is 0.203 e. The van der Waals surface area contributed by atoms with E-state index >= 15 is 13.2 Å². The second-order valence-electron chi connectivity index (χ2n) is 13.3. The maximum atomic E-state index is 15.4. The highest BCUT2D eigenvalue weighted by molar-refractivity contribution is 5.74. The molecule has 0 N–H and O–H groups in total. The highest BCUT2D eigenvalue weighted by Gasteiger charge is 2.29. The monoisotopic (exact) mass is 616 g/mol. The summed E-state index contributed by atoms with van der Waals surface area (Å²) in [4.78, 5) is 0. The van der Waals surface area contributed by atoms with Crippen molar-refractivity contribution in [1.29, 1.82) is 0 Å². The molecule has 5 rings (SSSR count). The molecular formula is C41H48F4. The molecular weight excluding hydrogens is 568 g/mol. The molecule has 2 aliphatic rings. The first-order valence-corrected chi connectivity index (χ1v) is 17.3. The van der Waals surface area contributed by atoms with Crippen molar-refractivity contribution in [2.24, 2.45) is 17.8 Å². The molecule has 240 valence electrons. The summed E-state index contributed by atoms with van der Waals surface area (Å²) in [7, 11) is 0. The van der Waals surface area contributed by atoms with Crippen molar-refractivity contribution in [2.45, 2.75) is 103 Å². The molecule has 3 aromatic rings. The van der Waals surface area contributed by atoms with Crippen molar-refractivity contribution in [3.63, 3.8) is 0 Å². The Morgan fingerprint density at radius 3 is 1.89 bits per heavy atom. The first-order valence-electron chi connectivity index (χ1n) is 17.3. The molecule has 1 saturated carbocycles. The van der Waals surface area contributed by atoms with Crippen LogP contribution < -0.4 is 0 Å². The molecule has 2 aliphatic carbocycles. The molecule has 0 amide bonds. The number of hydrogen-bond acceptors (Lipinski definition) is 0. The van der Waals surface area contributed by atoms with Crippen molar-refractivity contribution in [1.82, 2.24) is 0 Å². The molecule has 4 heteroatoms. The lowest BCUT2D eigenvalue weighted by Gasteiger charge is -2.35. The molecule has 45 heavy (non-hydrogen) atoms. The molecule has 0 heterocycles. The smallest absolute Gasteiger partial charge is 0.167 e. The normalized spacial score (nSPS) is 20.2. The van der Waals surface area contributed by atoms with Crippen LogP contribution in [0.5, 0.6) is 0 Å². The number of aryl methyl sites for hydroxylation is 1. The predicted molar refractivity (Wildman–Crippen MR) is 180 cm³/mol. The van der Waals surface area contributed by atoms with Gasteiger partial charge in [0, 0.05) is 16.7 Å². The third-order valence-electron chi connectivity index (χ3n) is 10.4. The second kappa shape index (κ2) is 15.9. The molecule has 0 bridgehead atoms. The lowest BCUT2D eigenvalue weighted by molar-refractivity contribution is 0.190. The Hall–Kier alpha value is -3.14. The van der Waals surface area contributed by atoms with E-state index < -0.39 is 23.3 Å². The van der Waals surface area contributed by atoms with Gasteiger partial charge in [-0.05, 0) is 97.8 Å². The summed E-state index contributed by atoms with van der Waals surface area (Å²) < 4.78 is 60.8. The van der Waals surface area contributed by atoms with Gasteiger partial charge in [0.2, 0.25) is 0 Å². The fraction of sp³-hybridized carbons (Fsp3) is 0.463. The third kappa shape index (κ3) is 7.99. The molecule has 0 saturated heterocycles. The second-order valence-corrected chi connectivity index (χ2v) is 13.3. The SMILES string of the molecule is C=CCCC1CCC(C2CC=C(c3ccc(-c4ccc(-c5ccc(CCCCCCC)c(F)c5F)cc4)c(F)c3F)CC2)CC1. The van der Waals surface area contributed by atoms with Gasteiger partial charge in [0.05, 0.1) is 0 Å². The molecule has 0 spiro atoms. The van der Waals surface area contributed by atoms with Gasteiger partial charge in [-0.3, -0.25) is 0 Å². The highest BCUT2D eigenvalue weighted by Crippen LogP contribution is 2.43. The molecule has 3 aromatic carbocycles. The van der Waals surface area contributed by atoms with Crippen LogP contribution in [0.4, 0.5) is 17.6 Å². The number of benzene rings is 3. The van der Waals surface area contributed by atoms with E-state index in [2.05, 4.69) is 19.6 Å². The summed E-state index contributed by atoms with van der Waals surface area (Å²) in [6.45, 7) is 6.00. The molecule has 1 atom stereocenters. The van der Waals surface area contributed by atoms with E-state index in [0.717, 1.165) is 75.2 Å². The van der Waals surface area contributed by atoms with E-state index in [9.17, 15) is 4.39 Å². The quantitative estimate of drug-likeness (QED) is 0.102. The number of halogens is 4. The zero-order chi connectivity index (χ0) is 31.8. The van der Waals surface area contributed by atoms with Gasteiger partial charge >= 0.3 is 0 Å². The first-order chi connectivity index (χ1) is 21.9. The maximum absolute atomic E-state index is 15.4. The van der Waals surface area contributed by atoms with Gasteiger partial charge in [0.25, 0.3) is 0 Å². The average Bonchev–Trinajstić information content (AvgIpc) is 3.07. The van der Waals surface area contributed by atoms with Gasteiger partial charge in [-0.1, -0.05) is 106 Å². The first kappa shape index (κ1) is 33.2. The lowest BCUT2D eigenvalue weighted by atomic mass is 9.70. The van der Waals surface area contributed by atoms with Crippen molar-refractivity contribution < 1.29 is 17.6 Å². The van der Waals surface area contributed by atoms with Crippen molar-refractivity contribution in [2.75, 3.05) is 0 Å². The summed E-state index contributed by atoms with van der Waals surface area (Å²) in [5, 5.41) is 0. The van der Waals surface area contributed by atoms with E-state index in [0.29, 0.717) is 34.6 Å². The Bertz CT molecular complexity index is 1460. The minimum Gasteiger partial charge on any atom is -0.203 e. The number of unbranched alkanes of at least 4 members (excludes halogenated alkanes) is 4. The fourth-order valence-corrected chi connectivity index (χ4v) is 7.60. The van der Waals surface area contributed by atoms with Crippen molar-refractivity contribution in [3.05, 3.63) is 102 Å². The number of allylic oxidation sites excluding steroid dienone is 3. The highest BCUT2D eigenvalue weighted by atomic mass is 19.2. The predicted octanol–water partition coefficient (Wildman–Crippen LogP) is 13.0. The summed E-state index contributed by atoms with van der Waals surface area (Å²) in [6.07, 6.45) is 20.1. The summed E-state index contributed by atoms with van der Waals surface area (Å²) in [6, 6.07) is 13.2. The van der Waals surface area contributed by atoms with Crippen LogP contribution in [0.15, 0.2) is 67.3 Å². The van der Waals surface area contributed by atoms with Crippen LogP contribution in [0, 0.1) is 41.0 Å². The summed E-state index contributed by atoms with van der Waals surface area (Å²) >= 11 is 0. The Morgan fingerprint density at radius 2 is 1.27 bits per heavy atom. The Balaban J connectivity index is 1.23. The van der Waals surface area contributed by atoms with Gasteiger partial charge in [-0.15, -0.1) is 6.58 Å². The van der Waals surface area contributed by atoms with Crippen LogP contribution >= 0.6 is 0 Å². The fourth-order valence-electron chi connectivity index (χ4n) is 7.60. The zero-order valence-corrected chi connectivity index (χ0v) is 26.8. The van der Waals surface area contributed by atoms with Crippen LogP contribution in [0.2, 0.25) is 0 Å². The van der Waals surface area contributed by atoms with Gasteiger partial charge < -0.3 is 0 Å².